The van der Waals surface area contributed by atoms with E-state index in [1.54, 1.807) is 0 Å². The molecular formula is C18H18N2. The summed E-state index contributed by atoms with van der Waals surface area (Å²) >= 11 is 0. The van der Waals surface area contributed by atoms with Crippen molar-refractivity contribution in [3.05, 3.63) is 77.0 Å². The van der Waals surface area contributed by atoms with Gasteiger partial charge in [-0.1, -0.05) is 42.5 Å². The highest BCUT2D eigenvalue weighted by atomic mass is 14.8. The smallest absolute Gasteiger partial charge is 0.0726 e. The van der Waals surface area contributed by atoms with E-state index in [0.29, 0.717) is 0 Å². The van der Waals surface area contributed by atoms with E-state index in [-0.39, 0.29) is 6.04 Å². The normalized spacial score (nSPS) is 12.6. The van der Waals surface area contributed by atoms with E-state index in [9.17, 15) is 0 Å². The monoisotopic (exact) mass is 262 g/mol. The number of pyridine rings is 1. The Hall–Kier alpha value is -2.19. The maximum absolute atomic E-state index is 6.36. The van der Waals surface area contributed by atoms with E-state index in [4.69, 9.17) is 5.73 Å². The van der Waals surface area contributed by atoms with Crippen LogP contribution in [0.5, 0.6) is 0 Å². The Morgan fingerprint density at radius 2 is 1.70 bits per heavy atom. The zero-order chi connectivity index (χ0) is 14.1. The van der Waals surface area contributed by atoms with Crippen LogP contribution in [-0.2, 0) is 0 Å². The minimum Gasteiger partial charge on any atom is -0.319 e. The first-order chi connectivity index (χ1) is 9.65. The molecule has 0 amide bonds. The SMILES string of the molecule is Cc1ccc(C(N)c2ccc3ccccc3n2)cc1C. The first kappa shape index (κ1) is 12.8. The van der Waals surface area contributed by atoms with Gasteiger partial charge in [0.05, 0.1) is 17.3 Å². The fourth-order valence-corrected chi connectivity index (χ4v) is 2.38. The molecule has 1 aromatic heterocycles. The van der Waals surface area contributed by atoms with Crippen molar-refractivity contribution < 1.29 is 0 Å². The second-order valence-corrected chi connectivity index (χ2v) is 5.25. The third kappa shape index (κ3) is 2.30. The van der Waals surface area contributed by atoms with Gasteiger partial charge in [0.2, 0.25) is 0 Å². The molecule has 2 N–H and O–H groups in total. The largest absolute Gasteiger partial charge is 0.319 e. The highest BCUT2D eigenvalue weighted by Gasteiger charge is 2.11. The molecule has 1 heterocycles. The second kappa shape index (κ2) is 5.06. The van der Waals surface area contributed by atoms with Crippen molar-refractivity contribution in [2.24, 2.45) is 5.73 Å². The molecule has 0 aliphatic rings. The Kier molecular flexibility index (Phi) is 3.25. The topological polar surface area (TPSA) is 38.9 Å². The maximum atomic E-state index is 6.36. The molecule has 2 nitrogen and oxygen atoms in total. The molecule has 2 heteroatoms. The molecule has 0 aliphatic heterocycles. The predicted molar refractivity (Wildman–Crippen MR) is 83.7 cm³/mol. The number of fused-ring (bicyclic) bond motifs is 1. The minimum atomic E-state index is -0.182. The van der Waals surface area contributed by atoms with Crippen molar-refractivity contribution in [1.29, 1.82) is 0 Å². The molecule has 0 bridgehead atoms. The van der Waals surface area contributed by atoms with Gasteiger partial charge < -0.3 is 5.73 Å². The Morgan fingerprint density at radius 3 is 2.50 bits per heavy atom. The van der Waals surface area contributed by atoms with Crippen LogP contribution in [0.3, 0.4) is 0 Å². The second-order valence-electron chi connectivity index (χ2n) is 5.25. The summed E-state index contributed by atoms with van der Waals surface area (Å²) in [5.41, 5.74) is 11.9. The van der Waals surface area contributed by atoms with Crippen LogP contribution < -0.4 is 5.73 Å². The first-order valence-corrected chi connectivity index (χ1v) is 6.83. The Balaban J connectivity index is 2.02. The van der Waals surface area contributed by atoms with Gasteiger partial charge in [0.15, 0.2) is 0 Å². The number of aryl methyl sites for hydroxylation is 2. The van der Waals surface area contributed by atoms with Crippen LogP contribution in [0.2, 0.25) is 0 Å². The first-order valence-electron chi connectivity index (χ1n) is 6.83. The van der Waals surface area contributed by atoms with Crippen LogP contribution in [0, 0.1) is 13.8 Å². The number of benzene rings is 2. The van der Waals surface area contributed by atoms with Crippen molar-refractivity contribution in [1.82, 2.24) is 4.98 Å². The van der Waals surface area contributed by atoms with E-state index in [1.807, 2.05) is 24.3 Å². The lowest BCUT2D eigenvalue weighted by atomic mass is 9.99. The van der Waals surface area contributed by atoms with Crippen LogP contribution in [0.1, 0.15) is 28.4 Å². The Morgan fingerprint density at radius 1 is 0.900 bits per heavy atom. The molecule has 3 rings (SSSR count). The number of nitrogens with zero attached hydrogens (tertiary/aromatic N) is 1. The summed E-state index contributed by atoms with van der Waals surface area (Å²) < 4.78 is 0. The van der Waals surface area contributed by atoms with Gasteiger partial charge >= 0.3 is 0 Å². The van der Waals surface area contributed by atoms with Crippen LogP contribution in [0.25, 0.3) is 10.9 Å². The fraction of sp³-hybridized carbons (Fsp3) is 0.167. The van der Waals surface area contributed by atoms with Crippen LogP contribution in [0.4, 0.5) is 0 Å². The van der Waals surface area contributed by atoms with E-state index < -0.39 is 0 Å². The number of rotatable bonds is 2. The van der Waals surface area contributed by atoms with Gasteiger partial charge in [-0.05, 0) is 42.7 Å². The van der Waals surface area contributed by atoms with Crippen molar-refractivity contribution in [2.45, 2.75) is 19.9 Å². The van der Waals surface area contributed by atoms with Crippen molar-refractivity contribution in [3.63, 3.8) is 0 Å². The molecule has 3 aromatic rings. The summed E-state index contributed by atoms with van der Waals surface area (Å²) in [7, 11) is 0. The summed E-state index contributed by atoms with van der Waals surface area (Å²) in [6.45, 7) is 4.22. The van der Waals surface area contributed by atoms with Crippen LogP contribution in [-0.4, -0.2) is 4.98 Å². The van der Waals surface area contributed by atoms with E-state index in [2.05, 4.69) is 49.2 Å². The third-order valence-electron chi connectivity index (χ3n) is 3.83. The average Bonchev–Trinajstić information content (AvgIpc) is 2.49. The number of para-hydroxylation sites is 1. The van der Waals surface area contributed by atoms with Gasteiger partial charge in [-0.25, -0.2) is 0 Å². The van der Waals surface area contributed by atoms with E-state index >= 15 is 0 Å². The summed E-state index contributed by atoms with van der Waals surface area (Å²) in [6, 6.07) is 18.4. The highest BCUT2D eigenvalue weighted by molar-refractivity contribution is 5.78. The Labute approximate surface area is 119 Å². The zero-order valence-corrected chi connectivity index (χ0v) is 11.8. The summed E-state index contributed by atoms with van der Waals surface area (Å²) in [4.78, 5) is 4.68. The zero-order valence-electron chi connectivity index (χ0n) is 11.8. The standard InChI is InChI=1S/C18H18N2/c1-12-7-8-15(11-13(12)2)18(19)17-10-9-14-5-3-4-6-16(14)20-17/h3-11,18H,19H2,1-2H3. The molecular weight excluding hydrogens is 244 g/mol. The Bertz CT molecular complexity index is 762. The molecule has 0 saturated carbocycles. The van der Waals surface area contributed by atoms with E-state index in [0.717, 1.165) is 22.2 Å². The average molecular weight is 262 g/mol. The molecule has 1 atom stereocenters. The third-order valence-corrected chi connectivity index (χ3v) is 3.83. The number of hydrogen-bond acceptors (Lipinski definition) is 2. The quantitative estimate of drug-likeness (QED) is 0.760. The maximum Gasteiger partial charge on any atom is 0.0726 e. The molecule has 0 spiro atoms. The molecule has 20 heavy (non-hydrogen) atoms. The fourth-order valence-electron chi connectivity index (χ4n) is 2.38. The number of hydrogen-bond donors (Lipinski definition) is 1. The molecule has 100 valence electrons. The lowest BCUT2D eigenvalue weighted by molar-refractivity contribution is 0.834. The van der Waals surface area contributed by atoms with Gasteiger partial charge in [-0.2, -0.15) is 0 Å². The van der Waals surface area contributed by atoms with Gasteiger partial charge in [-0.15, -0.1) is 0 Å². The summed E-state index contributed by atoms with van der Waals surface area (Å²) in [5, 5.41) is 1.14. The van der Waals surface area contributed by atoms with Crippen LogP contribution in [0.15, 0.2) is 54.6 Å². The number of aromatic nitrogens is 1. The van der Waals surface area contributed by atoms with Gasteiger partial charge in [0.25, 0.3) is 0 Å². The van der Waals surface area contributed by atoms with Crippen molar-refractivity contribution in [2.75, 3.05) is 0 Å². The van der Waals surface area contributed by atoms with Gasteiger partial charge in [0, 0.05) is 5.39 Å². The molecule has 0 fully saturated rings. The van der Waals surface area contributed by atoms with Gasteiger partial charge in [0.1, 0.15) is 0 Å². The lowest BCUT2D eigenvalue weighted by Crippen LogP contribution is -2.13. The highest BCUT2D eigenvalue weighted by Crippen LogP contribution is 2.22. The summed E-state index contributed by atoms with van der Waals surface area (Å²) in [6.07, 6.45) is 0. The summed E-state index contributed by atoms with van der Waals surface area (Å²) in [5.74, 6) is 0. The predicted octanol–water partition coefficient (Wildman–Crippen LogP) is 3.90. The molecule has 0 saturated heterocycles. The number of nitrogens with two attached hydrogens (primary N) is 1. The molecule has 1 unspecified atom stereocenters. The van der Waals surface area contributed by atoms with Crippen molar-refractivity contribution in [3.8, 4) is 0 Å². The lowest BCUT2D eigenvalue weighted by Gasteiger charge is -2.14. The van der Waals surface area contributed by atoms with E-state index in [1.165, 1.54) is 11.1 Å². The molecule has 2 aromatic carbocycles. The minimum absolute atomic E-state index is 0.182. The molecule has 0 aliphatic carbocycles. The van der Waals surface area contributed by atoms with Crippen molar-refractivity contribution >= 4 is 10.9 Å². The molecule has 0 radical (unpaired) electrons. The van der Waals surface area contributed by atoms with Gasteiger partial charge in [-0.3, -0.25) is 4.98 Å². The van der Waals surface area contributed by atoms with Crippen LogP contribution >= 0.6 is 0 Å².